The van der Waals surface area contributed by atoms with Gasteiger partial charge in [-0.25, -0.2) is 14.2 Å². The summed E-state index contributed by atoms with van der Waals surface area (Å²) in [5.74, 6) is -1.50. The molecule has 1 amide bonds. The number of aryl methyl sites for hydroxylation is 3. The van der Waals surface area contributed by atoms with E-state index >= 15 is 0 Å². The van der Waals surface area contributed by atoms with Crippen LogP contribution in [0.4, 0.5) is 15.8 Å². The number of aromatic hydroxyl groups is 1. The number of aromatic nitrogens is 2. The molecule has 34 heavy (non-hydrogen) atoms. The molecule has 3 rings (SSSR count). The predicted molar refractivity (Wildman–Crippen MR) is 133 cm³/mol. The van der Waals surface area contributed by atoms with Crippen molar-refractivity contribution in [2.24, 2.45) is 19.1 Å². The number of benzene rings is 2. The smallest absolute Gasteiger partial charge is 0.333 e. The van der Waals surface area contributed by atoms with Crippen molar-refractivity contribution in [3.8, 4) is 5.88 Å². The highest BCUT2D eigenvalue weighted by Gasteiger charge is 2.22. The topological polar surface area (TPSA) is 106 Å². The molecule has 10 heteroatoms. The third kappa shape index (κ3) is 5.28. The molecule has 8 nitrogen and oxygen atoms in total. The van der Waals surface area contributed by atoms with Gasteiger partial charge in [0.15, 0.2) is 0 Å². The first-order valence-corrected chi connectivity index (χ1v) is 11.3. The Morgan fingerprint density at radius 3 is 2.24 bits per heavy atom. The molecule has 0 aliphatic heterocycles. The summed E-state index contributed by atoms with van der Waals surface area (Å²) in [6, 6.07) is 9.13. The van der Waals surface area contributed by atoms with Gasteiger partial charge in [-0.1, -0.05) is 29.5 Å². The van der Waals surface area contributed by atoms with E-state index in [0.717, 1.165) is 37.6 Å². The van der Waals surface area contributed by atoms with Crippen LogP contribution in [0.25, 0.3) is 0 Å². The van der Waals surface area contributed by atoms with Gasteiger partial charge in [-0.15, -0.1) is 0 Å². The van der Waals surface area contributed by atoms with Crippen molar-refractivity contribution in [2.45, 2.75) is 20.8 Å². The van der Waals surface area contributed by atoms with Crippen LogP contribution in [0.1, 0.15) is 22.3 Å². The van der Waals surface area contributed by atoms with Crippen molar-refractivity contribution >= 4 is 34.1 Å². The molecule has 1 aromatic heterocycles. The Hall–Kier alpha value is -3.66. The van der Waals surface area contributed by atoms with Gasteiger partial charge in [0.05, 0.1) is 11.4 Å². The van der Waals surface area contributed by atoms with Gasteiger partial charge in [0.2, 0.25) is 11.8 Å². The second-order valence-corrected chi connectivity index (χ2v) is 8.87. The summed E-state index contributed by atoms with van der Waals surface area (Å²) in [4.78, 5) is 42.1. The fraction of sp³-hybridized carbons (Fsp3) is 0.250. The number of amides is 1. The number of carbonyl (C=O) groups is 1. The highest BCUT2D eigenvalue weighted by Crippen LogP contribution is 2.25. The van der Waals surface area contributed by atoms with E-state index in [2.05, 4.69) is 10.3 Å². The molecule has 3 aromatic rings. The number of hydrogen-bond acceptors (Lipinski definition) is 6. The second kappa shape index (κ2) is 10.1. The summed E-state index contributed by atoms with van der Waals surface area (Å²) >= 11 is 0.923. The summed E-state index contributed by atoms with van der Waals surface area (Å²) in [6.45, 7) is 5.77. The zero-order valence-electron chi connectivity index (χ0n) is 19.5. The average molecular weight is 485 g/mol. The normalized spacial score (nSPS) is 11.5. The highest BCUT2D eigenvalue weighted by atomic mass is 32.2. The Balaban J connectivity index is 1.99. The fourth-order valence-electron chi connectivity index (χ4n) is 3.50. The van der Waals surface area contributed by atoms with Crippen LogP contribution in [0.5, 0.6) is 5.88 Å². The molecule has 0 saturated carbocycles. The largest absolute Gasteiger partial charge is 0.494 e. The van der Waals surface area contributed by atoms with E-state index in [0.29, 0.717) is 11.4 Å². The minimum atomic E-state index is -0.764. The number of anilines is 1. The van der Waals surface area contributed by atoms with Gasteiger partial charge < -0.3 is 10.4 Å². The van der Waals surface area contributed by atoms with Crippen molar-refractivity contribution in [2.75, 3.05) is 11.1 Å². The number of nitrogens with zero attached hydrogens (tertiary/aromatic N) is 3. The number of halogens is 1. The average Bonchev–Trinajstić information content (AvgIpc) is 2.78. The Labute approximate surface area is 199 Å². The number of hydrogen-bond donors (Lipinski definition) is 2. The van der Waals surface area contributed by atoms with E-state index < -0.39 is 22.9 Å². The summed E-state index contributed by atoms with van der Waals surface area (Å²) in [5, 5.41) is 13.5. The van der Waals surface area contributed by atoms with Crippen LogP contribution in [0, 0.1) is 26.6 Å². The van der Waals surface area contributed by atoms with Crippen LogP contribution >= 0.6 is 11.8 Å². The van der Waals surface area contributed by atoms with Crippen molar-refractivity contribution in [3.63, 3.8) is 0 Å². The van der Waals surface area contributed by atoms with E-state index in [-0.39, 0.29) is 22.3 Å². The van der Waals surface area contributed by atoms with E-state index in [9.17, 15) is 23.9 Å². The first kappa shape index (κ1) is 25.0. The summed E-state index contributed by atoms with van der Waals surface area (Å²) in [6.07, 6.45) is 0. The van der Waals surface area contributed by atoms with Crippen molar-refractivity contribution in [1.29, 1.82) is 0 Å². The Bertz CT molecular complexity index is 1390. The monoisotopic (exact) mass is 484 g/mol. The molecule has 0 aliphatic rings. The molecule has 0 saturated heterocycles. The molecule has 178 valence electrons. The summed E-state index contributed by atoms with van der Waals surface area (Å²) in [5.41, 5.74) is 2.23. The molecule has 0 spiro atoms. The Kier molecular flexibility index (Phi) is 7.41. The molecule has 0 aliphatic carbocycles. The number of thioether (sulfide) groups is 1. The molecular formula is C24H25FN4O4S. The SMILES string of the molecule is Cc1cc(C)c(NC(=O)CSC(=Nc2ccc(F)cc2)c2c(O)n(C)c(=O)n(C)c2=O)c(C)c1. The van der Waals surface area contributed by atoms with Gasteiger partial charge >= 0.3 is 5.69 Å². The summed E-state index contributed by atoms with van der Waals surface area (Å²) in [7, 11) is 2.60. The predicted octanol–water partition coefficient (Wildman–Crippen LogP) is 3.30. The maximum atomic E-state index is 13.3. The molecule has 0 bridgehead atoms. The third-order valence-electron chi connectivity index (χ3n) is 5.19. The molecule has 0 radical (unpaired) electrons. The maximum Gasteiger partial charge on any atom is 0.333 e. The lowest BCUT2D eigenvalue weighted by atomic mass is 10.1. The second-order valence-electron chi connectivity index (χ2n) is 7.91. The van der Waals surface area contributed by atoms with Crippen molar-refractivity contribution < 1.29 is 14.3 Å². The molecule has 0 fully saturated rings. The molecular weight excluding hydrogens is 459 g/mol. The number of aliphatic imine (C=N–C) groups is 1. The van der Waals surface area contributed by atoms with Crippen LogP contribution in [-0.2, 0) is 18.9 Å². The number of nitrogens with one attached hydrogen (secondary N) is 1. The third-order valence-corrected chi connectivity index (χ3v) is 6.16. The minimum absolute atomic E-state index is 0.0211. The lowest BCUT2D eigenvalue weighted by Gasteiger charge is -2.14. The van der Waals surface area contributed by atoms with E-state index in [1.54, 1.807) is 0 Å². The Morgan fingerprint density at radius 2 is 1.65 bits per heavy atom. The molecule has 0 atom stereocenters. The first-order valence-electron chi connectivity index (χ1n) is 10.3. The van der Waals surface area contributed by atoms with Gasteiger partial charge in [0.25, 0.3) is 5.56 Å². The zero-order valence-corrected chi connectivity index (χ0v) is 20.3. The quantitative estimate of drug-likeness (QED) is 0.427. The first-order chi connectivity index (χ1) is 16.0. The van der Waals surface area contributed by atoms with Crippen molar-refractivity contribution in [3.05, 3.63) is 85.3 Å². The van der Waals surface area contributed by atoms with E-state index in [1.807, 2.05) is 32.9 Å². The minimum Gasteiger partial charge on any atom is -0.494 e. The van der Waals surface area contributed by atoms with Gasteiger partial charge in [0, 0.05) is 19.8 Å². The Morgan fingerprint density at radius 1 is 1.06 bits per heavy atom. The molecule has 1 heterocycles. The summed E-state index contributed by atoms with van der Waals surface area (Å²) < 4.78 is 15.1. The lowest BCUT2D eigenvalue weighted by molar-refractivity contribution is -0.113. The van der Waals surface area contributed by atoms with Gasteiger partial charge in [0.1, 0.15) is 16.4 Å². The van der Waals surface area contributed by atoms with Gasteiger partial charge in [-0.2, -0.15) is 0 Å². The number of carbonyl (C=O) groups excluding carboxylic acids is 1. The van der Waals surface area contributed by atoms with Crippen LogP contribution in [0.2, 0.25) is 0 Å². The van der Waals surface area contributed by atoms with Crippen LogP contribution in [-0.4, -0.2) is 30.9 Å². The van der Waals surface area contributed by atoms with Gasteiger partial charge in [-0.05, 0) is 56.2 Å². The maximum absolute atomic E-state index is 13.3. The van der Waals surface area contributed by atoms with Crippen LogP contribution in [0.15, 0.2) is 51.0 Å². The van der Waals surface area contributed by atoms with Crippen molar-refractivity contribution in [1.82, 2.24) is 9.13 Å². The van der Waals surface area contributed by atoms with Gasteiger partial charge in [-0.3, -0.25) is 18.7 Å². The van der Waals surface area contributed by atoms with Crippen LogP contribution in [0.3, 0.4) is 0 Å². The number of rotatable bonds is 5. The van der Waals surface area contributed by atoms with Crippen LogP contribution < -0.4 is 16.6 Å². The molecule has 0 unspecified atom stereocenters. The van der Waals surface area contributed by atoms with E-state index in [4.69, 9.17) is 0 Å². The van der Waals surface area contributed by atoms with E-state index in [1.165, 1.54) is 38.4 Å². The molecule has 2 N–H and O–H groups in total. The zero-order chi connectivity index (χ0) is 25.2. The molecule has 2 aromatic carbocycles. The lowest BCUT2D eigenvalue weighted by Crippen LogP contribution is -2.39. The standard InChI is InChI=1S/C24H25FN4O4S/c1-13-10-14(2)20(15(3)11-13)27-18(30)12-34-21(26-17-8-6-16(25)7-9-17)19-22(31)28(4)24(33)29(5)23(19)32/h6-11,31H,12H2,1-5H3,(H,27,30). The fourth-order valence-corrected chi connectivity index (χ4v) is 4.33. The highest BCUT2D eigenvalue weighted by molar-refractivity contribution is 8.15.